The summed E-state index contributed by atoms with van der Waals surface area (Å²) in [5, 5.41) is 4.97. The number of quaternary nitrogens is 1. The van der Waals surface area contributed by atoms with Crippen LogP contribution >= 0.6 is 0 Å². The smallest absolute Gasteiger partial charge is 0.154 e. The Morgan fingerprint density at radius 1 is 1.16 bits per heavy atom. The van der Waals surface area contributed by atoms with Crippen LogP contribution in [0, 0.1) is 11.8 Å². The number of para-hydroxylation sites is 1. The van der Waals surface area contributed by atoms with Crippen LogP contribution in [0.3, 0.4) is 0 Å². The first-order valence-corrected chi connectivity index (χ1v) is 5.66. The number of halogens is 1. The molecule has 0 radical (unpaired) electrons. The second-order valence-corrected chi connectivity index (χ2v) is 4.02. The van der Waals surface area contributed by atoms with E-state index in [1.54, 1.807) is 6.07 Å². The number of ether oxygens (including phenoxy) is 1. The summed E-state index contributed by atoms with van der Waals surface area (Å²) < 4.78 is 5.13. The molecule has 5 heteroatoms. The van der Waals surface area contributed by atoms with Gasteiger partial charge in [0.05, 0.1) is 7.11 Å². The van der Waals surface area contributed by atoms with Crippen LogP contribution in [0.4, 0.5) is 17.1 Å². The quantitative estimate of drug-likeness (QED) is 0.629. The molecule has 100 valence electrons. The van der Waals surface area contributed by atoms with Crippen molar-refractivity contribution in [1.82, 2.24) is 0 Å². The van der Waals surface area contributed by atoms with Crippen LogP contribution in [-0.4, -0.2) is 7.11 Å². The molecule has 0 saturated heterocycles. The lowest BCUT2D eigenvalue weighted by molar-refractivity contribution is -0.479. The monoisotopic (exact) mass is 278 g/mol. The molecule has 2 N–H and O–H groups in total. The van der Waals surface area contributed by atoms with Crippen molar-refractivity contribution < 1.29 is 22.5 Å². The minimum atomic E-state index is 0. The third kappa shape index (κ3) is 3.53. The van der Waals surface area contributed by atoms with Crippen LogP contribution in [0.5, 0.6) is 5.75 Å². The molecule has 0 spiro atoms. The normalized spacial score (nSPS) is 9.58. The number of nitrogens with two attached hydrogens (primary N) is 1. The Morgan fingerprint density at radius 3 is 2.53 bits per heavy atom. The summed E-state index contributed by atoms with van der Waals surface area (Å²) >= 11 is 0. The van der Waals surface area contributed by atoms with Crippen LogP contribution in [0.25, 0.3) is 0 Å². The predicted molar refractivity (Wildman–Crippen MR) is 70.9 cm³/mol. The Balaban J connectivity index is 0.00000180. The second kappa shape index (κ2) is 6.87. The number of nitroso groups, excluding NO2 is 1. The Hall–Kier alpha value is -1.91. The molecule has 0 aromatic heterocycles. The van der Waals surface area contributed by atoms with Gasteiger partial charge in [0.15, 0.2) is 5.75 Å². The van der Waals surface area contributed by atoms with Crippen molar-refractivity contribution in [3.05, 3.63) is 52.9 Å². The highest BCUT2D eigenvalue weighted by atomic mass is 35.5. The third-order valence-corrected chi connectivity index (χ3v) is 2.81. The first-order chi connectivity index (χ1) is 8.74. The molecule has 19 heavy (non-hydrogen) atoms. The zero-order valence-corrected chi connectivity index (χ0v) is 11.5. The van der Waals surface area contributed by atoms with Gasteiger partial charge < -0.3 is 17.1 Å². The number of nitrogens with zero attached hydrogens (tertiary/aromatic N) is 1. The van der Waals surface area contributed by atoms with Crippen LogP contribution in [0.2, 0.25) is 0 Å². The zero-order valence-electron chi connectivity index (χ0n) is 10.8. The number of hydrogen-bond donors (Lipinski definition) is 1. The lowest BCUT2D eigenvalue weighted by Gasteiger charge is -2.06. The highest BCUT2D eigenvalue weighted by Gasteiger charge is 2.09. The molecule has 2 aromatic rings. The lowest BCUT2D eigenvalue weighted by Crippen LogP contribution is -3.00. The minimum Gasteiger partial charge on any atom is -1.00 e. The van der Waals surface area contributed by atoms with Gasteiger partial charge >= 0.3 is 0 Å². The number of aryl methyl sites for hydroxylation is 1. The second-order valence-electron chi connectivity index (χ2n) is 4.02. The maximum absolute atomic E-state index is 10.6. The number of methoxy groups -OCH3 is 1. The van der Waals surface area contributed by atoms with Crippen molar-refractivity contribution in [2.45, 2.75) is 6.92 Å². The zero-order chi connectivity index (χ0) is 13.0. The summed E-state index contributed by atoms with van der Waals surface area (Å²) in [7, 11) is 1.53. The fraction of sp³-hybridized carbons (Fsp3) is 0.143. The molecule has 0 aliphatic heterocycles. The molecule has 0 aliphatic rings. The van der Waals surface area contributed by atoms with Gasteiger partial charge in [-0.2, -0.15) is 0 Å². The molecular weight excluding hydrogens is 264 g/mol. The van der Waals surface area contributed by atoms with Crippen LogP contribution in [-0.2, 0) is 0 Å². The van der Waals surface area contributed by atoms with E-state index in [4.69, 9.17) is 4.74 Å². The van der Waals surface area contributed by atoms with E-state index in [0.29, 0.717) is 11.4 Å². The van der Waals surface area contributed by atoms with Crippen LogP contribution in [0.1, 0.15) is 5.56 Å². The first kappa shape index (κ1) is 15.1. The van der Waals surface area contributed by atoms with E-state index < -0.39 is 0 Å². The van der Waals surface area contributed by atoms with E-state index in [1.165, 1.54) is 12.7 Å². The number of rotatable bonds is 4. The number of benzene rings is 2. The molecule has 0 bridgehead atoms. The highest BCUT2D eigenvalue weighted by Crippen LogP contribution is 2.28. The molecule has 4 nitrogen and oxygen atoms in total. The van der Waals surface area contributed by atoms with Crippen molar-refractivity contribution in [2.75, 3.05) is 7.11 Å². The van der Waals surface area contributed by atoms with E-state index in [9.17, 15) is 4.91 Å². The average molecular weight is 279 g/mol. The summed E-state index contributed by atoms with van der Waals surface area (Å²) in [6, 6.07) is 13.4. The summed E-state index contributed by atoms with van der Waals surface area (Å²) in [5.41, 5.74) is 3.65. The third-order valence-electron chi connectivity index (χ3n) is 2.81. The van der Waals surface area contributed by atoms with Gasteiger partial charge in [-0.3, -0.25) is 5.32 Å². The maximum Gasteiger partial charge on any atom is 0.154 e. The maximum atomic E-state index is 10.6. The SMILES string of the molecule is COc1cc([NH2+]c2ccccc2C)ccc1N=O.[Cl-]. The molecule has 2 aromatic carbocycles. The van der Waals surface area contributed by atoms with Crippen LogP contribution in [0.15, 0.2) is 47.6 Å². The van der Waals surface area contributed by atoms with E-state index in [0.717, 1.165) is 11.4 Å². The van der Waals surface area contributed by atoms with Crippen LogP contribution < -0.4 is 22.5 Å². The molecule has 0 fully saturated rings. The molecule has 0 saturated carbocycles. The minimum absolute atomic E-state index is 0. The van der Waals surface area contributed by atoms with Gasteiger partial charge in [-0.05, 0) is 24.2 Å². The van der Waals surface area contributed by atoms with Crippen molar-refractivity contribution in [3.63, 3.8) is 0 Å². The molecule has 0 atom stereocenters. The summed E-state index contributed by atoms with van der Waals surface area (Å²) in [5.74, 6) is 0.493. The van der Waals surface area contributed by atoms with Gasteiger partial charge in [0.1, 0.15) is 17.1 Å². The van der Waals surface area contributed by atoms with Crippen molar-refractivity contribution in [3.8, 4) is 5.75 Å². The lowest BCUT2D eigenvalue weighted by atomic mass is 10.2. The molecular formula is C14H15ClN2O2. The topological polar surface area (TPSA) is 55.3 Å². The Morgan fingerprint density at radius 2 is 1.89 bits per heavy atom. The van der Waals surface area contributed by atoms with Gasteiger partial charge in [0, 0.05) is 17.7 Å². The van der Waals surface area contributed by atoms with Crippen molar-refractivity contribution in [1.29, 1.82) is 0 Å². The Labute approximate surface area is 118 Å². The van der Waals surface area contributed by atoms with E-state index in [1.807, 2.05) is 35.6 Å². The van der Waals surface area contributed by atoms with E-state index in [2.05, 4.69) is 18.2 Å². The summed E-state index contributed by atoms with van der Waals surface area (Å²) in [4.78, 5) is 10.6. The number of hydrogen-bond acceptors (Lipinski definition) is 3. The Kier molecular flexibility index (Phi) is 5.48. The standard InChI is InChI=1S/C14H14N2O2.ClH/c1-10-5-3-4-6-12(10)15-11-7-8-13(16-17)14(9-11)18-2;/h3-9,15H,1-2H3;1H. The molecule has 0 aliphatic carbocycles. The molecule has 2 rings (SSSR count). The molecule has 0 heterocycles. The van der Waals surface area contributed by atoms with Gasteiger partial charge in [-0.25, -0.2) is 0 Å². The first-order valence-electron chi connectivity index (χ1n) is 5.66. The fourth-order valence-electron chi connectivity index (χ4n) is 1.79. The summed E-state index contributed by atoms with van der Waals surface area (Å²) in [6.45, 7) is 2.06. The van der Waals surface area contributed by atoms with E-state index in [-0.39, 0.29) is 12.4 Å². The fourth-order valence-corrected chi connectivity index (χ4v) is 1.79. The summed E-state index contributed by atoms with van der Waals surface area (Å²) in [6.07, 6.45) is 0. The van der Waals surface area contributed by atoms with E-state index >= 15 is 0 Å². The highest BCUT2D eigenvalue weighted by molar-refractivity contribution is 5.57. The average Bonchev–Trinajstić information content (AvgIpc) is 2.41. The van der Waals surface area contributed by atoms with Crippen molar-refractivity contribution in [2.24, 2.45) is 5.18 Å². The van der Waals surface area contributed by atoms with Gasteiger partial charge in [-0.15, -0.1) is 4.91 Å². The predicted octanol–water partition coefficient (Wildman–Crippen LogP) is -0.0679. The molecule has 0 amide bonds. The van der Waals surface area contributed by atoms with Gasteiger partial charge in [0.2, 0.25) is 0 Å². The Bertz CT molecular complexity index is 573. The largest absolute Gasteiger partial charge is 1.00 e. The molecule has 0 unspecified atom stereocenters. The van der Waals surface area contributed by atoms with Gasteiger partial charge in [-0.1, -0.05) is 18.2 Å². The van der Waals surface area contributed by atoms with Gasteiger partial charge in [0.25, 0.3) is 0 Å². The van der Waals surface area contributed by atoms with Crippen molar-refractivity contribution >= 4 is 17.1 Å².